The third kappa shape index (κ3) is 3.41. The molecule has 0 radical (unpaired) electrons. The van der Waals surface area contributed by atoms with Gasteiger partial charge in [0, 0.05) is 25.2 Å². The lowest BCUT2D eigenvalue weighted by Gasteiger charge is -2.23. The van der Waals surface area contributed by atoms with Gasteiger partial charge < -0.3 is 10.6 Å². The molecule has 0 saturated carbocycles. The van der Waals surface area contributed by atoms with E-state index in [1.54, 1.807) is 18.2 Å². The molecule has 110 valence electrons. The molecule has 2 N–H and O–H groups in total. The zero-order chi connectivity index (χ0) is 14.7. The Morgan fingerprint density at radius 3 is 3.00 bits per heavy atom. The monoisotopic (exact) mass is 284 g/mol. The van der Waals surface area contributed by atoms with Crippen molar-refractivity contribution in [1.29, 1.82) is 5.26 Å². The average molecular weight is 284 g/mol. The Balaban J connectivity index is 1.58. The lowest BCUT2D eigenvalue weighted by atomic mass is 10.1. The molecule has 1 aromatic rings. The minimum atomic E-state index is -0.0459. The molecule has 2 heterocycles. The van der Waals surface area contributed by atoms with Crippen molar-refractivity contribution in [2.45, 2.75) is 31.3 Å². The van der Waals surface area contributed by atoms with Crippen LogP contribution in [0.25, 0.3) is 0 Å². The van der Waals surface area contributed by atoms with E-state index in [2.05, 4.69) is 21.6 Å². The second kappa shape index (κ2) is 6.25. The van der Waals surface area contributed by atoms with Gasteiger partial charge in [0.2, 0.25) is 5.91 Å². The van der Waals surface area contributed by atoms with Gasteiger partial charge in [-0.1, -0.05) is 12.1 Å². The Labute approximate surface area is 124 Å². The fraction of sp³-hybridized carbons (Fsp3) is 0.500. The first kappa shape index (κ1) is 14.1. The number of hydrogen-bond donors (Lipinski definition) is 2. The minimum absolute atomic E-state index is 0.0459. The highest BCUT2D eigenvalue weighted by molar-refractivity contribution is 5.93. The number of para-hydroxylation sites is 1. The zero-order valence-corrected chi connectivity index (χ0v) is 12.0. The Hall–Kier alpha value is -1.90. The van der Waals surface area contributed by atoms with Crippen LogP contribution in [0.3, 0.4) is 0 Å². The summed E-state index contributed by atoms with van der Waals surface area (Å²) in [7, 11) is 0. The van der Waals surface area contributed by atoms with Gasteiger partial charge in [-0.2, -0.15) is 5.26 Å². The first-order valence-corrected chi connectivity index (χ1v) is 7.52. The molecule has 1 aromatic carbocycles. The van der Waals surface area contributed by atoms with Crippen molar-refractivity contribution in [1.82, 2.24) is 10.2 Å². The van der Waals surface area contributed by atoms with E-state index >= 15 is 0 Å². The highest BCUT2D eigenvalue weighted by Gasteiger charge is 2.29. The van der Waals surface area contributed by atoms with Crippen LogP contribution >= 0.6 is 0 Å². The molecular formula is C16H20N4O. The van der Waals surface area contributed by atoms with Crippen molar-refractivity contribution >= 4 is 11.6 Å². The zero-order valence-electron chi connectivity index (χ0n) is 12.0. The minimum Gasteiger partial charge on any atom is -0.324 e. The standard InChI is InChI=1S/C16H20N4O/c17-9-12-3-1-2-4-15(12)19-16(21)11-20-8-7-13-5-6-14(10-20)18-13/h1-4,13-14,18H,5-8,10-11H2,(H,19,21). The number of amides is 1. The summed E-state index contributed by atoms with van der Waals surface area (Å²) in [6.45, 7) is 2.29. The molecule has 2 atom stereocenters. The van der Waals surface area contributed by atoms with Crippen molar-refractivity contribution in [3.8, 4) is 6.07 Å². The average Bonchev–Trinajstić information content (AvgIpc) is 2.82. The van der Waals surface area contributed by atoms with E-state index in [0.29, 0.717) is 29.9 Å². The van der Waals surface area contributed by atoms with Crippen LogP contribution in [-0.2, 0) is 4.79 Å². The van der Waals surface area contributed by atoms with Gasteiger partial charge in [-0.05, 0) is 31.4 Å². The van der Waals surface area contributed by atoms with Crippen LogP contribution in [0.4, 0.5) is 5.69 Å². The highest BCUT2D eigenvalue weighted by atomic mass is 16.2. The number of carbonyl (C=O) groups excluding carboxylic acids is 1. The number of anilines is 1. The van der Waals surface area contributed by atoms with Gasteiger partial charge in [0.1, 0.15) is 6.07 Å². The lowest BCUT2D eigenvalue weighted by Crippen LogP contribution is -2.39. The van der Waals surface area contributed by atoms with E-state index in [9.17, 15) is 4.79 Å². The Bertz CT molecular complexity index is 566. The summed E-state index contributed by atoms with van der Waals surface area (Å²) < 4.78 is 0. The number of nitrogens with one attached hydrogen (secondary N) is 2. The molecule has 2 bridgehead atoms. The Morgan fingerprint density at radius 2 is 2.14 bits per heavy atom. The fourth-order valence-electron chi connectivity index (χ4n) is 3.24. The van der Waals surface area contributed by atoms with E-state index in [0.717, 1.165) is 19.5 Å². The van der Waals surface area contributed by atoms with Crippen molar-refractivity contribution in [2.24, 2.45) is 0 Å². The number of likely N-dealkylation sites (tertiary alicyclic amines) is 1. The molecule has 2 aliphatic heterocycles. The number of hydrogen-bond acceptors (Lipinski definition) is 4. The number of carbonyl (C=O) groups is 1. The molecule has 1 amide bonds. The number of nitrogens with zero attached hydrogens (tertiary/aromatic N) is 2. The Morgan fingerprint density at radius 1 is 1.33 bits per heavy atom. The second-order valence-corrected chi connectivity index (χ2v) is 5.87. The summed E-state index contributed by atoms with van der Waals surface area (Å²) in [5.74, 6) is -0.0459. The maximum Gasteiger partial charge on any atom is 0.238 e. The van der Waals surface area contributed by atoms with Gasteiger partial charge in [-0.3, -0.25) is 9.69 Å². The van der Waals surface area contributed by atoms with Gasteiger partial charge in [-0.25, -0.2) is 0 Å². The SMILES string of the molecule is N#Cc1ccccc1NC(=O)CN1CCC2CCC(C1)N2. The summed E-state index contributed by atoms with van der Waals surface area (Å²) >= 11 is 0. The smallest absolute Gasteiger partial charge is 0.238 e. The fourth-order valence-corrected chi connectivity index (χ4v) is 3.24. The van der Waals surface area contributed by atoms with Crippen molar-refractivity contribution in [3.05, 3.63) is 29.8 Å². The number of nitriles is 1. The Kier molecular flexibility index (Phi) is 4.18. The quantitative estimate of drug-likeness (QED) is 0.878. The van der Waals surface area contributed by atoms with Gasteiger partial charge in [0.15, 0.2) is 0 Å². The van der Waals surface area contributed by atoms with Crippen LogP contribution in [0, 0.1) is 11.3 Å². The van der Waals surface area contributed by atoms with E-state index in [-0.39, 0.29) is 5.91 Å². The highest BCUT2D eigenvalue weighted by Crippen LogP contribution is 2.20. The topological polar surface area (TPSA) is 68.2 Å². The van der Waals surface area contributed by atoms with Crippen molar-refractivity contribution in [3.63, 3.8) is 0 Å². The molecule has 0 spiro atoms. The predicted octanol–water partition coefficient (Wildman–Crippen LogP) is 1.32. The molecule has 2 saturated heterocycles. The van der Waals surface area contributed by atoms with Crippen LogP contribution in [0.2, 0.25) is 0 Å². The summed E-state index contributed by atoms with van der Waals surface area (Å²) in [5.41, 5.74) is 1.10. The van der Waals surface area contributed by atoms with Crippen LogP contribution in [0.15, 0.2) is 24.3 Å². The normalized spacial score (nSPS) is 25.1. The third-order valence-corrected chi connectivity index (χ3v) is 4.30. The molecule has 2 fully saturated rings. The van der Waals surface area contributed by atoms with Gasteiger partial charge in [-0.15, -0.1) is 0 Å². The molecule has 5 heteroatoms. The first-order chi connectivity index (χ1) is 10.2. The summed E-state index contributed by atoms with van der Waals surface area (Å²) in [5, 5.41) is 15.5. The molecule has 2 unspecified atom stereocenters. The van der Waals surface area contributed by atoms with Crippen molar-refractivity contribution in [2.75, 3.05) is 25.0 Å². The first-order valence-electron chi connectivity index (χ1n) is 7.52. The number of fused-ring (bicyclic) bond motifs is 2. The molecule has 0 aromatic heterocycles. The molecule has 5 nitrogen and oxygen atoms in total. The van der Waals surface area contributed by atoms with Gasteiger partial charge in [0.25, 0.3) is 0 Å². The van der Waals surface area contributed by atoms with Gasteiger partial charge in [0.05, 0.1) is 17.8 Å². The van der Waals surface area contributed by atoms with E-state index in [4.69, 9.17) is 5.26 Å². The third-order valence-electron chi connectivity index (χ3n) is 4.30. The lowest BCUT2D eigenvalue weighted by molar-refractivity contribution is -0.117. The molecule has 3 rings (SSSR count). The largest absolute Gasteiger partial charge is 0.324 e. The van der Waals surface area contributed by atoms with Crippen molar-refractivity contribution < 1.29 is 4.79 Å². The maximum absolute atomic E-state index is 12.2. The summed E-state index contributed by atoms with van der Waals surface area (Å²) in [6, 6.07) is 10.4. The van der Waals surface area contributed by atoms with E-state index < -0.39 is 0 Å². The van der Waals surface area contributed by atoms with Gasteiger partial charge >= 0.3 is 0 Å². The van der Waals surface area contributed by atoms with E-state index in [1.807, 2.05) is 6.07 Å². The molecule has 2 aliphatic rings. The summed E-state index contributed by atoms with van der Waals surface area (Å²) in [6.07, 6.45) is 3.58. The van der Waals surface area contributed by atoms with Crippen LogP contribution in [-0.4, -0.2) is 42.5 Å². The molecule has 0 aliphatic carbocycles. The predicted molar refractivity (Wildman–Crippen MR) is 80.8 cm³/mol. The van der Waals surface area contributed by atoms with Crippen LogP contribution < -0.4 is 10.6 Å². The summed E-state index contributed by atoms with van der Waals surface area (Å²) in [4.78, 5) is 14.4. The van der Waals surface area contributed by atoms with E-state index in [1.165, 1.54) is 12.8 Å². The maximum atomic E-state index is 12.2. The van der Waals surface area contributed by atoms with Crippen LogP contribution in [0.5, 0.6) is 0 Å². The number of benzene rings is 1. The van der Waals surface area contributed by atoms with Crippen LogP contribution in [0.1, 0.15) is 24.8 Å². The number of rotatable bonds is 3. The molecular weight excluding hydrogens is 264 g/mol. The second-order valence-electron chi connectivity index (χ2n) is 5.87. The molecule has 21 heavy (non-hydrogen) atoms.